The number of aromatic nitrogens is 1. The summed E-state index contributed by atoms with van der Waals surface area (Å²) in [5.41, 5.74) is 10.7. The first-order valence-electron chi connectivity index (χ1n) is 7.49. The Bertz CT molecular complexity index is 822. The minimum atomic E-state index is -0.806. The van der Waals surface area contributed by atoms with Crippen LogP contribution in [0.2, 0.25) is 0 Å². The van der Waals surface area contributed by atoms with Crippen LogP contribution in [-0.2, 0) is 11.2 Å². The van der Waals surface area contributed by atoms with Crippen molar-refractivity contribution < 1.29 is 9.90 Å². The number of carbonyl (C=O) groups is 1. The number of benzene rings is 2. The van der Waals surface area contributed by atoms with E-state index >= 15 is 0 Å². The van der Waals surface area contributed by atoms with E-state index in [-0.39, 0.29) is 6.42 Å². The van der Waals surface area contributed by atoms with E-state index in [0.717, 1.165) is 22.6 Å². The van der Waals surface area contributed by atoms with Crippen molar-refractivity contribution in [3.8, 4) is 16.9 Å². The van der Waals surface area contributed by atoms with Crippen LogP contribution in [0.4, 0.5) is 5.69 Å². The third-order valence-corrected chi connectivity index (χ3v) is 3.80. The molecule has 3 aromatic rings. The van der Waals surface area contributed by atoms with Crippen molar-refractivity contribution >= 4 is 11.7 Å². The molecule has 116 valence electrons. The molecule has 4 nitrogen and oxygen atoms in total. The Kier molecular flexibility index (Phi) is 4.15. The number of aliphatic carboxylic acids is 1. The third-order valence-electron chi connectivity index (χ3n) is 3.80. The van der Waals surface area contributed by atoms with Crippen molar-refractivity contribution in [2.24, 2.45) is 0 Å². The first-order valence-corrected chi connectivity index (χ1v) is 7.49. The molecule has 0 amide bonds. The second-order valence-electron chi connectivity index (χ2n) is 5.36. The fraction of sp³-hybridized carbons (Fsp3) is 0.105. The first-order chi connectivity index (χ1) is 11.2. The number of nitrogen functional groups attached to an aromatic ring is 1. The van der Waals surface area contributed by atoms with Crippen molar-refractivity contribution in [3.63, 3.8) is 0 Å². The lowest BCUT2D eigenvalue weighted by Crippen LogP contribution is -2.07. The van der Waals surface area contributed by atoms with Crippen LogP contribution in [0.25, 0.3) is 16.9 Å². The molecule has 4 heteroatoms. The summed E-state index contributed by atoms with van der Waals surface area (Å²) in [5.74, 6) is -0.806. The molecule has 0 spiro atoms. The number of anilines is 1. The molecule has 0 atom stereocenters. The number of nitrogens with zero attached hydrogens (tertiary/aromatic N) is 1. The lowest BCUT2D eigenvalue weighted by atomic mass is 10.1. The molecule has 23 heavy (non-hydrogen) atoms. The maximum Gasteiger partial charge on any atom is 0.303 e. The van der Waals surface area contributed by atoms with Gasteiger partial charge in [-0.3, -0.25) is 4.79 Å². The van der Waals surface area contributed by atoms with Gasteiger partial charge < -0.3 is 15.4 Å². The van der Waals surface area contributed by atoms with Crippen LogP contribution in [0.5, 0.6) is 0 Å². The van der Waals surface area contributed by atoms with Gasteiger partial charge in [-0.2, -0.15) is 0 Å². The van der Waals surface area contributed by atoms with Gasteiger partial charge in [-0.05, 0) is 36.2 Å². The van der Waals surface area contributed by atoms with E-state index in [4.69, 9.17) is 10.8 Å². The summed E-state index contributed by atoms with van der Waals surface area (Å²) in [6.07, 6.45) is 0.543. The minimum absolute atomic E-state index is 0.0883. The maximum absolute atomic E-state index is 10.9. The van der Waals surface area contributed by atoms with Crippen molar-refractivity contribution in [2.45, 2.75) is 12.8 Å². The zero-order valence-electron chi connectivity index (χ0n) is 12.6. The second-order valence-corrected chi connectivity index (χ2v) is 5.36. The number of para-hydroxylation sites is 2. The van der Waals surface area contributed by atoms with Gasteiger partial charge in [-0.15, -0.1) is 0 Å². The molecule has 3 N–H and O–H groups in total. The van der Waals surface area contributed by atoms with E-state index in [1.54, 1.807) is 0 Å². The predicted molar refractivity (Wildman–Crippen MR) is 91.6 cm³/mol. The molecule has 0 radical (unpaired) electrons. The first kappa shape index (κ1) is 14.9. The smallest absolute Gasteiger partial charge is 0.303 e. The Balaban J connectivity index is 2.14. The average molecular weight is 306 g/mol. The third kappa shape index (κ3) is 3.11. The molecule has 1 aromatic heterocycles. The van der Waals surface area contributed by atoms with Crippen molar-refractivity contribution in [3.05, 3.63) is 72.4 Å². The summed E-state index contributed by atoms with van der Waals surface area (Å²) < 4.78 is 2.05. The van der Waals surface area contributed by atoms with Crippen LogP contribution < -0.4 is 5.73 Å². The minimum Gasteiger partial charge on any atom is -0.481 e. The van der Waals surface area contributed by atoms with E-state index in [9.17, 15) is 4.79 Å². The van der Waals surface area contributed by atoms with Crippen molar-refractivity contribution in [2.75, 3.05) is 5.73 Å². The van der Waals surface area contributed by atoms with Crippen LogP contribution >= 0.6 is 0 Å². The highest BCUT2D eigenvalue weighted by molar-refractivity contribution is 5.70. The average Bonchev–Trinajstić information content (AvgIpc) is 2.98. The molecule has 1 heterocycles. The van der Waals surface area contributed by atoms with Gasteiger partial charge in [0.15, 0.2) is 0 Å². The van der Waals surface area contributed by atoms with Crippen molar-refractivity contribution in [1.82, 2.24) is 4.57 Å². The Morgan fingerprint density at radius 1 is 0.957 bits per heavy atom. The van der Waals surface area contributed by atoms with E-state index in [1.165, 1.54) is 0 Å². The summed E-state index contributed by atoms with van der Waals surface area (Å²) in [7, 11) is 0. The number of rotatable bonds is 5. The highest BCUT2D eigenvalue weighted by Gasteiger charge is 2.14. The second kappa shape index (κ2) is 6.40. The van der Waals surface area contributed by atoms with Gasteiger partial charge in [0.1, 0.15) is 0 Å². The number of hydrogen-bond donors (Lipinski definition) is 2. The highest BCUT2D eigenvalue weighted by Crippen LogP contribution is 2.29. The van der Waals surface area contributed by atoms with Gasteiger partial charge in [0.2, 0.25) is 0 Å². The maximum atomic E-state index is 10.9. The van der Waals surface area contributed by atoms with E-state index in [1.807, 2.05) is 71.3 Å². The summed E-state index contributed by atoms with van der Waals surface area (Å²) in [5, 5.41) is 8.98. The van der Waals surface area contributed by atoms with Gasteiger partial charge in [0.05, 0.1) is 23.5 Å². The van der Waals surface area contributed by atoms with E-state index in [0.29, 0.717) is 12.1 Å². The number of carboxylic acids is 1. The zero-order valence-corrected chi connectivity index (χ0v) is 12.6. The number of carboxylic acid groups (broad SMARTS) is 1. The molecule has 0 aliphatic rings. The molecule has 0 aliphatic carbocycles. The van der Waals surface area contributed by atoms with Gasteiger partial charge >= 0.3 is 5.97 Å². The summed E-state index contributed by atoms with van der Waals surface area (Å²) in [6, 6.07) is 21.6. The topological polar surface area (TPSA) is 68.2 Å². The fourth-order valence-electron chi connectivity index (χ4n) is 2.72. The standard InChI is InChI=1S/C19H18N2O2/c20-16-8-4-5-9-18(16)21-15(11-13-19(22)23)10-12-17(21)14-6-2-1-3-7-14/h1-10,12H,11,13,20H2,(H,22,23). The lowest BCUT2D eigenvalue weighted by molar-refractivity contribution is -0.136. The molecule has 3 rings (SSSR count). The van der Waals surface area contributed by atoms with Gasteiger partial charge in [-0.25, -0.2) is 0 Å². The van der Waals surface area contributed by atoms with Crippen LogP contribution in [0.3, 0.4) is 0 Å². The van der Waals surface area contributed by atoms with Crippen LogP contribution in [0.1, 0.15) is 12.1 Å². The van der Waals surface area contributed by atoms with Crippen LogP contribution in [0, 0.1) is 0 Å². The van der Waals surface area contributed by atoms with Crippen molar-refractivity contribution in [1.29, 1.82) is 0 Å². The molecule has 0 aliphatic heterocycles. The molecule has 0 bridgehead atoms. The number of nitrogens with two attached hydrogens (primary N) is 1. The predicted octanol–water partition coefficient (Wildman–Crippen LogP) is 3.74. The van der Waals surface area contributed by atoms with Gasteiger partial charge in [0.25, 0.3) is 0 Å². The SMILES string of the molecule is Nc1ccccc1-n1c(CCC(=O)O)ccc1-c1ccccc1. The molecule has 0 saturated carbocycles. The zero-order chi connectivity index (χ0) is 16.2. The molecular weight excluding hydrogens is 288 g/mol. The Hall–Kier alpha value is -3.01. The summed E-state index contributed by atoms with van der Waals surface area (Å²) in [4.78, 5) is 10.9. The number of aryl methyl sites for hydroxylation is 1. The largest absolute Gasteiger partial charge is 0.481 e. The normalized spacial score (nSPS) is 10.6. The quantitative estimate of drug-likeness (QED) is 0.705. The molecule has 2 aromatic carbocycles. The highest BCUT2D eigenvalue weighted by atomic mass is 16.4. The molecule has 0 fully saturated rings. The molecule has 0 unspecified atom stereocenters. The summed E-state index contributed by atoms with van der Waals surface area (Å²) in [6.45, 7) is 0. The lowest BCUT2D eigenvalue weighted by Gasteiger charge is -2.15. The monoisotopic (exact) mass is 306 g/mol. The number of hydrogen-bond acceptors (Lipinski definition) is 2. The molecular formula is C19H18N2O2. The van der Waals surface area contributed by atoms with Gasteiger partial charge in [-0.1, -0.05) is 42.5 Å². The molecule has 0 saturated heterocycles. The van der Waals surface area contributed by atoms with Gasteiger partial charge in [0, 0.05) is 5.69 Å². The van der Waals surface area contributed by atoms with E-state index < -0.39 is 5.97 Å². The van der Waals surface area contributed by atoms with E-state index in [2.05, 4.69) is 0 Å². The fourth-order valence-corrected chi connectivity index (χ4v) is 2.72. The van der Waals surface area contributed by atoms with Crippen LogP contribution in [-0.4, -0.2) is 15.6 Å². The van der Waals surface area contributed by atoms with Crippen LogP contribution in [0.15, 0.2) is 66.7 Å². The Morgan fingerprint density at radius 2 is 1.65 bits per heavy atom. The Labute approximate surface area is 134 Å². The Morgan fingerprint density at radius 3 is 2.35 bits per heavy atom. The summed E-state index contributed by atoms with van der Waals surface area (Å²) >= 11 is 0.